The van der Waals surface area contributed by atoms with Crippen LogP contribution in [0.1, 0.15) is 36.5 Å². The largest absolute Gasteiger partial charge is 0.316 e. The SMILES string of the molecule is CC1CNCC(Cc2ccc3c(c2)CCC3)C1. The average molecular weight is 229 g/mol. The van der Waals surface area contributed by atoms with E-state index in [0.717, 1.165) is 11.8 Å². The van der Waals surface area contributed by atoms with Crippen molar-refractivity contribution in [3.8, 4) is 0 Å². The molecule has 2 aliphatic rings. The first kappa shape index (κ1) is 11.3. The molecule has 1 aromatic carbocycles. The van der Waals surface area contributed by atoms with Crippen molar-refractivity contribution < 1.29 is 0 Å². The van der Waals surface area contributed by atoms with E-state index in [1.54, 1.807) is 16.7 Å². The molecule has 1 aliphatic heterocycles. The number of aryl methyl sites for hydroxylation is 2. The Labute approximate surface area is 105 Å². The molecule has 2 atom stereocenters. The Bertz CT molecular complexity index is 397. The van der Waals surface area contributed by atoms with Crippen LogP contribution in [-0.2, 0) is 19.3 Å². The molecule has 1 aromatic rings. The second-order valence-electron chi connectivity index (χ2n) is 6.03. The van der Waals surface area contributed by atoms with Gasteiger partial charge in [-0.2, -0.15) is 0 Å². The summed E-state index contributed by atoms with van der Waals surface area (Å²) in [5.74, 6) is 1.70. The number of nitrogens with one attached hydrogen (secondary N) is 1. The lowest BCUT2D eigenvalue weighted by atomic mass is 9.86. The minimum atomic E-state index is 0.846. The summed E-state index contributed by atoms with van der Waals surface area (Å²) in [5, 5.41) is 3.56. The van der Waals surface area contributed by atoms with Crippen molar-refractivity contribution in [2.24, 2.45) is 11.8 Å². The summed E-state index contributed by atoms with van der Waals surface area (Å²) in [7, 11) is 0. The van der Waals surface area contributed by atoms with E-state index in [9.17, 15) is 0 Å². The van der Waals surface area contributed by atoms with Gasteiger partial charge in [0, 0.05) is 0 Å². The number of benzene rings is 1. The van der Waals surface area contributed by atoms with Gasteiger partial charge in [0.05, 0.1) is 0 Å². The average Bonchev–Trinajstić information content (AvgIpc) is 2.76. The first-order valence-corrected chi connectivity index (χ1v) is 7.12. The Morgan fingerprint density at radius 2 is 2.06 bits per heavy atom. The van der Waals surface area contributed by atoms with E-state index in [4.69, 9.17) is 0 Å². The molecule has 1 aliphatic carbocycles. The fraction of sp³-hybridized carbons (Fsp3) is 0.625. The molecule has 0 amide bonds. The Morgan fingerprint density at radius 3 is 2.94 bits per heavy atom. The highest BCUT2D eigenvalue weighted by Crippen LogP contribution is 2.25. The van der Waals surface area contributed by atoms with Gasteiger partial charge >= 0.3 is 0 Å². The highest BCUT2D eigenvalue weighted by molar-refractivity contribution is 5.35. The van der Waals surface area contributed by atoms with Crippen molar-refractivity contribution in [2.75, 3.05) is 13.1 Å². The second kappa shape index (κ2) is 4.81. The maximum absolute atomic E-state index is 3.56. The minimum Gasteiger partial charge on any atom is -0.316 e. The van der Waals surface area contributed by atoms with Gasteiger partial charge in [-0.25, -0.2) is 0 Å². The van der Waals surface area contributed by atoms with Crippen molar-refractivity contribution in [1.29, 1.82) is 0 Å². The maximum Gasteiger partial charge on any atom is -0.00171 e. The van der Waals surface area contributed by atoms with Gasteiger partial charge in [-0.05, 0) is 73.7 Å². The summed E-state index contributed by atoms with van der Waals surface area (Å²) >= 11 is 0. The smallest absolute Gasteiger partial charge is 0.00171 e. The van der Waals surface area contributed by atoms with E-state index in [-0.39, 0.29) is 0 Å². The van der Waals surface area contributed by atoms with Crippen molar-refractivity contribution >= 4 is 0 Å². The van der Waals surface area contributed by atoms with Gasteiger partial charge in [-0.3, -0.25) is 0 Å². The first-order chi connectivity index (χ1) is 8.31. The lowest BCUT2D eigenvalue weighted by Gasteiger charge is -2.27. The predicted molar refractivity (Wildman–Crippen MR) is 72.3 cm³/mol. The summed E-state index contributed by atoms with van der Waals surface area (Å²) in [6.45, 7) is 4.78. The molecule has 0 saturated carbocycles. The van der Waals surface area contributed by atoms with Crippen LogP contribution in [0.3, 0.4) is 0 Å². The summed E-state index contributed by atoms with van der Waals surface area (Å²) in [6, 6.07) is 7.21. The van der Waals surface area contributed by atoms with E-state index in [1.165, 1.54) is 45.2 Å². The quantitative estimate of drug-likeness (QED) is 0.822. The third kappa shape index (κ3) is 2.55. The van der Waals surface area contributed by atoms with Crippen molar-refractivity contribution in [1.82, 2.24) is 5.32 Å². The van der Waals surface area contributed by atoms with Crippen molar-refractivity contribution in [3.05, 3.63) is 34.9 Å². The highest BCUT2D eigenvalue weighted by Gasteiger charge is 2.19. The van der Waals surface area contributed by atoms with Gasteiger partial charge < -0.3 is 5.32 Å². The molecule has 0 radical (unpaired) electrons. The number of fused-ring (bicyclic) bond motifs is 1. The van der Waals surface area contributed by atoms with E-state index in [1.807, 2.05) is 0 Å². The van der Waals surface area contributed by atoms with E-state index >= 15 is 0 Å². The Kier molecular flexibility index (Phi) is 3.19. The molecule has 2 unspecified atom stereocenters. The van der Waals surface area contributed by atoms with Gasteiger partial charge in [-0.15, -0.1) is 0 Å². The molecule has 1 saturated heterocycles. The fourth-order valence-corrected chi connectivity index (χ4v) is 3.51. The number of hydrogen-bond acceptors (Lipinski definition) is 1. The number of hydrogen-bond donors (Lipinski definition) is 1. The van der Waals surface area contributed by atoms with Crippen LogP contribution in [-0.4, -0.2) is 13.1 Å². The molecule has 0 bridgehead atoms. The van der Waals surface area contributed by atoms with E-state index in [2.05, 4.69) is 30.4 Å². The predicted octanol–water partition coefficient (Wildman–Crippen LogP) is 2.96. The van der Waals surface area contributed by atoms with Crippen LogP contribution in [0.15, 0.2) is 18.2 Å². The van der Waals surface area contributed by atoms with Crippen LogP contribution in [0.5, 0.6) is 0 Å². The molecule has 1 fully saturated rings. The summed E-state index contributed by atoms with van der Waals surface area (Å²) in [4.78, 5) is 0. The standard InChI is InChI=1S/C16H23N/c1-12-7-14(11-17-10-12)8-13-5-6-15-3-2-4-16(15)9-13/h5-6,9,12,14,17H,2-4,7-8,10-11H2,1H3. The van der Waals surface area contributed by atoms with Crippen LogP contribution in [0.4, 0.5) is 0 Å². The zero-order chi connectivity index (χ0) is 11.7. The van der Waals surface area contributed by atoms with Gasteiger partial charge in [-0.1, -0.05) is 25.1 Å². The Hall–Kier alpha value is -0.820. The Balaban J connectivity index is 1.68. The van der Waals surface area contributed by atoms with E-state index in [0.29, 0.717) is 0 Å². The monoisotopic (exact) mass is 229 g/mol. The topological polar surface area (TPSA) is 12.0 Å². The number of rotatable bonds is 2. The molecular weight excluding hydrogens is 206 g/mol. The van der Waals surface area contributed by atoms with Crippen LogP contribution < -0.4 is 5.32 Å². The molecule has 1 heteroatoms. The van der Waals surface area contributed by atoms with E-state index < -0.39 is 0 Å². The molecule has 1 N–H and O–H groups in total. The first-order valence-electron chi connectivity index (χ1n) is 7.12. The molecule has 92 valence electrons. The number of piperidine rings is 1. The lowest BCUT2D eigenvalue weighted by Crippen LogP contribution is -2.35. The van der Waals surface area contributed by atoms with Gasteiger partial charge in [0.25, 0.3) is 0 Å². The van der Waals surface area contributed by atoms with Crippen LogP contribution in [0.2, 0.25) is 0 Å². The molecule has 0 aromatic heterocycles. The molecule has 17 heavy (non-hydrogen) atoms. The van der Waals surface area contributed by atoms with Gasteiger partial charge in [0.1, 0.15) is 0 Å². The molecule has 0 spiro atoms. The normalized spacial score (nSPS) is 28.1. The molecule has 1 heterocycles. The second-order valence-corrected chi connectivity index (χ2v) is 6.03. The van der Waals surface area contributed by atoms with Crippen LogP contribution in [0.25, 0.3) is 0 Å². The van der Waals surface area contributed by atoms with Crippen molar-refractivity contribution in [3.63, 3.8) is 0 Å². The fourth-order valence-electron chi connectivity index (χ4n) is 3.51. The molecule has 3 rings (SSSR count). The van der Waals surface area contributed by atoms with Gasteiger partial charge in [0.15, 0.2) is 0 Å². The zero-order valence-corrected chi connectivity index (χ0v) is 10.8. The maximum atomic E-state index is 3.56. The zero-order valence-electron chi connectivity index (χ0n) is 10.8. The van der Waals surface area contributed by atoms with Gasteiger partial charge in [0.2, 0.25) is 0 Å². The summed E-state index contributed by atoms with van der Waals surface area (Å²) in [5.41, 5.74) is 4.79. The minimum absolute atomic E-state index is 0.846. The van der Waals surface area contributed by atoms with Crippen LogP contribution >= 0.6 is 0 Å². The summed E-state index contributed by atoms with van der Waals surface area (Å²) in [6.07, 6.45) is 6.63. The Morgan fingerprint density at radius 1 is 1.18 bits per heavy atom. The molecule has 1 nitrogen and oxygen atoms in total. The molecular formula is C16H23N. The van der Waals surface area contributed by atoms with Crippen molar-refractivity contribution in [2.45, 2.75) is 39.0 Å². The lowest BCUT2D eigenvalue weighted by molar-refractivity contribution is 0.301. The third-order valence-corrected chi connectivity index (χ3v) is 4.35. The summed E-state index contributed by atoms with van der Waals surface area (Å²) < 4.78 is 0. The third-order valence-electron chi connectivity index (χ3n) is 4.35. The van der Waals surface area contributed by atoms with Crippen LogP contribution in [0, 0.1) is 11.8 Å². The highest BCUT2D eigenvalue weighted by atomic mass is 14.9.